The zero-order valence-electron chi connectivity index (χ0n) is 12.1. The van der Waals surface area contributed by atoms with Crippen molar-refractivity contribution in [2.45, 2.75) is 38.9 Å². The van der Waals surface area contributed by atoms with E-state index in [0.717, 1.165) is 18.5 Å². The Morgan fingerprint density at radius 3 is 3.00 bits per heavy atom. The third kappa shape index (κ3) is 2.67. The van der Waals surface area contributed by atoms with Crippen molar-refractivity contribution in [1.82, 2.24) is 15.0 Å². The number of aryl methyl sites for hydroxylation is 1. The Bertz CT molecular complexity index is 651. The second-order valence-electron chi connectivity index (χ2n) is 5.39. The van der Waals surface area contributed by atoms with Crippen molar-refractivity contribution >= 4 is 11.6 Å². The van der Waals surface area contributed by atoms with Gasteiger partial charge in [0.1, 0.15) is 6.54 Å². The summed E-state index contributed by atoms with van der Waals surface area (Å²) in [5, 5.41) is 7.86. The number of carbonyl (C=O) groups is 1. The first kappa shape index (κ1) is 13.8. The molecule has 1 aliphatic rings. The standard InChI is InChI=1S/C15H19N5O/c1-11-6-7-12-4-2-3-5-14(12)20(11)15(21)10-19-9-13(8-16)17-18-19/h2-5,9,11H,6-8,10,16H2,1H3. The summed E-state index contributed by atoms with van der Waals surface area (Å²) in [6.45, 7) is 2.60. The van der Waals surface area contributed by atoms with Crippen molar-refractivity contribution in [3.8, 4) is 0 Å². The number of fused-ring (bicyclic) bond motifs is 1. The lowest BCUT2D eigenvalue weighted by Crippen LogP contribution is -2.43. The van der Waals surface area contributed by atoms with E-state index < -0.39 is 0 Å². The summed E-state index contributed by atoms with van der Waals surface area (Å²) >= 11 is 0. The quantitative estimate of drug-likeness (QED) is 0.916. The molecular weight excluding hydrogens is 266 g/mol. The molecule has 1 aliphatic heterocycles. The zero-order valence-corrected chi connectivity index (χ0v) is 12.1. The second-order valence-corrected chi connectivity index (χ2v) is 5.39. The normalized spacial score (nSPS) is 17.6. The third-order valence-electron chi connectivity index (χ3n) is 3.88. The van der Waals surface area contributed by atoms with E-state index in [2.05, 4.69) is 23.3 Å². The summed E-state index contributed by atoms with van der Waals surface area (Å²) in [5.41, 5.74) is 8.44. The highest BCUT2D eigenvalue weighted by molar-refractivity contribution is 5.95. The number of hydrogen-bond acceptors (Lipinski definition) is 4. The molecule has 2 aromatic rings. The number of benzene rings is 1. The number of aromatic nitrogens is 3. The number of nitrogens with zero attached hydrogens (tertiary/aromatic N) is 4. The SMILES string of the molecule is CC1CCc2ccccc2N1C(=O)Cn1cc(CN)nn1. The monoisotopic (exact) mass is 285 g/mol. The summed E-state index contributed by atoms with van der Waals surface area (Å²) in [6, 6.07) is 8.28. The van der Waals surface area contributed by atoms with Crippen LogP contribution in [0.2, 0.25) is 0 Å². The topological polar surface area (TPSA) is 77.0 Å². The molecule has 1 atom stereocenters. The Kier molecular flexibility index (Phi) is 3.70. The van der Waals surface area contributed by atoms with E-state index in [0.29, 0.717) is 12.2 Å². The van der Waals surface area contributed by atoms with Crippen LogP contribution in [0.4, 0.5) is 5.69 Å². The molecule has 1 aromatic carbocycles. The van der Waals surface area contributed by atoms with E-state index in [4.69, 9.17) is 5.73 Å². The number of amides is 1. The first-order valence-electron chi connectivity index (χ1n) is 7.18. The molecule has 2 heterocycles. The predicted molar refractivity (Wildman–Crippen MR) is 79.6 cm³/mol. The molecule has 110 valence electrons. The maximum atomic E-state index is 12.6. The van der Waals surface area contributed by atoms with Crippen molar-refractivity contribution < 1.29 is 4.79 Å². The van der Waals surface area contributed by atoms with E-state index >= 15 is 0 Å². The molecule has 0 radical (unpaired) electrons. The van der Waals surface area contributed by atoms with Gasteiger partial charge in [0.25, 0.3) is 0 Å². The van der Waals surface area contributed by atoms with Crippen LogP contribution in [0.3, 0.4) is 0 Å². The van der Waals surface area contributed by atoms with Crippen molar-refractivity contribution in [1.29, 1.82) is 0 Å². The second kappa shape index (κ2) is 5.65. The van der Waals surface area contributed by atoms with E-state index in [-0.39, 0.29) is 18.5 Å². The minimum atomic E-state index is 0.0307. The highest BCUT2D eigenvalue weighted by Crippen LogP contribution is 2.30. The Hall–Kier alpha value is -2.21. The number of hydrogen-bond donors (Lipinski definition) is 1. The lowest BCUT2D eigenvalue weighted by Gasteiger charge is -2.35. The average molecular weight is 285 g/mol. The van der Waals surface area contributed by atoms with Gasteiger partial charge >= 0.3 is 0 Å². The fourth-order valence-electron chi connectivity index (χ4n) is 2.79. The van der Waals surface area contributed by atoms with Gasteiger partial charge in [-0.3, -0.25) is 4.79 Å². The molecule has 0 saturated heterocycles. The number of nitrogens with two attached hydrogens (primary N) is 1. The smallest absolute Gasteiger partial charge is 0.249 e. The highest BCUT2D eigenvalue weighted by Gasteiger charge is 2.28. The van der Waals surface area contributed by atoms with Crippen LogP contribution in [0.25, 0.3) is 0 Å². The van der Waals surface area contributed by atoms with Crippen molar-refractivity contribution in [2.24, 2.45) is 5.73 Å². The molecule has 6 heteroatoms. The molecule has 21 heavy (non-hydrogen) atoms. The van der Waals surface area contributed by atoms with Crippen LogP contribution < -0.4 is 10.6 Å². The fraction of sp³-hybridized carbons (Fsp3) is 0.400. The van der Waals surface area contributed by atoms with E-state index in [1.807, 2.05) is 23.1 Å². The molecule has 6 nitrogen and oxygen atoms in total. The molecule has 1 aromatic heterocycles. The van der Waals surface area contributed by atoms with Gasteiger partial charge in [-0.25, -0.2) is 4.68 Å². The van der Waals surface area contributed by atoms with Crippen molar-refractivity contribution in [2.75, 3.05) is 4.90 Å². The average Bonchev–Trinajstić information content (AvgIpc) is 2.94. The number of anilines is 1. The zero-order chi connectivity index (χ0) is 14.8. The van der Waals surface area contributed by atoms with Crippen LogP contribution in [0.15, 0.2) is 30.5 Å². The number of para-hydroxylation sites is 1. The highest BCUT2D eigenvalue weighted by atomic mass is 16.2. The van der Waals surface area contributed by atoms with Gasteiger partial charge < -0.3 is 10.6 Å². The summed E-state index contributed by atoms with van der Waals surface area (Å²) in [6.07, 6.45) is 3.72. The van der Waals surface area contributed by atoms with Gasteiger partial charge in [-0.1, -0.05) is 23.4 Å². The predicted octanol–water partition coefficient (Wildman–Crippen LogP) is 1.10. The van der Waals surface area contributed by atoms with Crippen LogP contribution >= 0.6 is 0 Å². The van der Waals surface area contributed by atoms with Gasteiger partial charge in [0.05, 0.1) is 11.9 Å². The van der Waals surface area contributed by atoms with Gasteiger partial charge in [0.2, 0.25) is 5.91 Å². The summed E-state index contributed by atoms with van der Waals surface area (Å²) in [5.74, 6) is 0.0307. The lowest BCUT2D eigenvalue weighted by atomic mass is 9.96. The van der Waals surface area contributed by atoms with Gasteiger partial charge in [0.15, 0.2) is 0 Å². The van der Waals surface area contributed by atoms with E-state index in [1.165, 1.54) is 5.56 Å². The maximum Gasteiger partial charge on any atom is 0.249 e. The van der Waals surface area contributed by atoms with Crippen LogP contribution in [0.5, 0.6) is 0 Å². The molecule has 2 N–H and O–H groups in total. The van der Waals surface area contributed by atoms with Crippen molar-refractivity contribution in [3.05, 3.63) is 41.7 Å². The summed E-state index contributed by atoms with van der Waals surface area (Å²) in [7, 11) is 0. The fourth-order valence-corrected chi connectivity index (χ4v) is 2.79. The van der Waals surface area contributed by atoms with Gasteiger partial charge in [-0.2, -0.15) is 0 Å². The molecular formula is C15H19N5O. The van der Waals surface area contributed by atoms with Crippen LogP contribution in [0, 0.1) is 0 Å². The Morgan fingerprint density at radius 2 is 2.24 bits per heavy atom. The van der Waals surface area contributed by atoms with E-state index in [1.54, 1.807) is 10.9 Å². The largest absolute Gasteiger partial charge is 0.325 e. The summed E-state index contributed by atoms with van der Waals surface area (Å²) < 4.78 is 1.55. The van der Waals surface area contributed by atoms with Crippen molar-refractivity contribution in [3.63, 3.8) is 0 Å². The first-order chi connectivity index (χ1) is 10.2. The minimum absolute atomic E-state index is 0.0307. The van der Waals surface area contributed by atoms with Gasteiger partial charge in [-0.05, 0) is 31.4 Å². The number of carbonyl (C=O) groups excluding carboxylic acids is 1. The molecule has 0 fully saturated rings. The Balaban J connectivity index is 1.83. The first-order valence-corrected chi connectivity index (χ1v) is 7.18. The van der Waals surface area contributed by atoms with E-state index in [9.17, 15) is 4.79 Å². The minimum Gasteiger partial charge on any atom is -0.325 e. The molecule has 1 amide bonds. The molecule has 3 rings (SSSR count). The Labute approximate surface area is 123 Å². The molecule has 0 saturated carbocycles. The Morgan fingerprint density at radius 1 is 1.43 bits per heavy atom. The maximum absolute atomic E-state index is 12.6. The number of rotatable bonds is 3. The molecule has 1 unspecified atom stereocenters. The third-order valence-corrected chi connectivity index (χ3v) is 3.88. The van der Waals surface area contributed by atoms with Crippen LogP contribution in [-0.2, 0) is 24.3 Å². The summed E-state index contributed by atoms with van der Waals surface area (Å²) in [4.78, 5) is 14.5. The van der Waals surface area contributed by atoms with Gasteiger partial charge in [-0.15, -0.1) is 5.10 Å². The molecule has 0 aliphatic carbocycles. The van der Waals surface area contributed by atoms with Crippen LogP contribution in [-0.4, -0.2) is 26.9 Å². The van der Waals surface area contributed by atoms with Crippen LogP contribution in [0.1, 0.15) is 24.6 Å². The molecule has 0 spiro atoms. The van der Waals surface area contributed by atoms with Gasteiger partial charge in [0, 0.05) is 18.3 Å². The molecule has 0 bridgehead atoms. The lowest BCUT2D eigenvalue weighted by molar-refractivity contribution is -0.119.